The average Bonchev–Trinajstić information content (AvgIpc) is 3.04. The molecule has 0 spiro atoms. The number of aromatic amines is 1. The Labute approximate surface area is 189 Å². The molecule has 0 saturated carbocycles. The molecule has 6 nitrogen and oxygen atoms in total. The number of hydrogen-bond donors (Lipinski definition) is 2. The van der Waals surface area contributed by atoms with E-state index < -0.39 is 0 Å². The second kappa shape index (κ2) is 10.2. The van der Waals surface area contributed by atoms with Crippen LogP contribution in [0.25, 0.3) is 0 Å². The van der Waals surface area contributed by atoms with Crippen molar-refractivity contribution in [2.24, 2.45) is 0 Å². The number of nitrogens with one attached hydrogen (secondary N) is 2. The van der Waals surface area contributed by atoms with Crippen molar-refractivity contribution < 1.29 is 14.3 Å². The van der Waals surface area contributed by atoms with Gasteiger partial charge in [0.05, 0.1) is 6.61 Å². The van der Waals surface area contributed by atoms with Gasteiger partial charge in [-0.2, -0.15) is 0 Å². The average molecular weight is 434 g/mol. The summed E-state index contributed by atoms with van der Waals surface area (Å²) >= 11 is 0. The molecule has 0 aliphatic rings. The van der Waals surface area contributed by atoms with Gasteiger partial charge in [-0.1, -0.05) is 48.0 Å². The van der Waals surface area contributed by atoms with Crippen LogP contribution in [0.4, 0.5) is 10.5 Å². The van der Waals surface area contributed by atoms with Gasteiger partial charge in [-0.25, -0.2) is 9.59 Å². The van der Waals surface area contributed by atoms with Crippen molar-refractivity contribution in [2.75, 3.05) is 11.9 Å². The fourth-order valence-corrected chi connectivity index (χ4v) is 3.65. The van der Waals surface area contributed by atoms with Gasteiger partial charge in [0, 0.05) is 24.5 Å². The van der Waals surface area contributed by atoms with Gasteiger partial charge in [0.2, 0.25) is 0 Å². The van der Waals surface area contributed by atoms with E-state index in [4.69, 9.17) is 4.74 Å². The Bertz CT molecular complexity index is 1100. The van der Waals surface area contributed by atoms with E-state index in [1.165, 1.54) is 5.56 Å². The topological polar surface area (TPSA) is 74.4 Å². The lowest BCUT2D eigenvalue weighted by atomic mass is 10.1. The molecule has 3 aromatic rings. The molecule has 2 amide bonds. The van der Waals surface area contributed by atoms with E-state index in [1.54, 1.807) is 11.8 Å². The first kappa shape index (κ1) is 23.1. The van der Waals surface area contributed by atoms with Crippen molar-refractivity contribution in [3.05, 3.63) is 87.7 Å². The van der Waals surface area contributed by atoms with Crippen molar-refractivity contribution in [1.29, 1.82) is 0 Å². The van der Waals surface area contributed by atoms with Crippen LogP contribution in [0.3, 0.4) is 0 Å². The lowest BCUT2D eigenvalue weighted by Gasteiger charge is -2.24. The molecule has 0 aliphatic carbocycles. The number of anilines is 1. The number of carbonyl (C=O) groups is 2. The molecule has 0 aliphatic heterocycles. The summed E-state index contributed by atoms with van der Waals surface area (Å²) in [5.41, 5.74) is 6.99. The Kier molecular flexibility index (Phi) is 7.36. The Morgan fingerprint density at radius 2 is 1.66 bits per heavy atom. The summed E-state index contributed by atoms with van der Waals surface area (Å²) in [6.07, 6.45) is 0. The Morgan fingerprint density at radius 3 is 2.31 bits per heavy atom. The molecule has 1 aromatic heterocycles. The Morgan fingerprint density at radius 1 is 0.969 bits per heavy atom. The highest BCUT2D eigenvalue weighted by Crippen LogP contribution is 2.23. The molecule has 2 N–H and O–H groups in total. The van der Waals surface area contributed by atoms with Crippen molar-refractivity contribution in [3.8, 4) is 0 Å². The Balaban J connectivity index is 1.90. The highest BCUT2D eigenvalue weighted by Gasteiger charge is 2.23. The van der Waals surface area contributed by atoms with Gasteiger partial charge in [0.1, 0.15) is 5.69 Å². The molecule has 32 heavy (non-hydrogen) atoms. The van der Waals surface area contributed by atoms with Gasteiger partial charge in [-0.05, 0) is 62.9 Å². The maximum Gasteiger partial charge on any atom is 0.355 e. The van der Waals surface area contributed by atoms with E-state index in [2.05, 4.69) is 10.3 Å². The van der Waals surface area contributed by atoms with Crippen molar-refractivity contribution in [2.45, 2.75) is 47.7 Å². The summed E-state index contributed by atoms with van der Waals surface area (Å²) in [6, 6.07) is 15.6. The maximum absolute atomic E-state index is 13.3. The number of benzene rings is 2. The molecule has 2 aromatic carbocycles. The van der Waals surface area contributed by atoms with Gasteiger partial charge >= 0.3 is 12.0 Å². The number of amides is 2. The van der Waals surface area contributed by atoms with Crippen molar-refractivity contribution >= 4 is 17.7 Å². The number of para-hydroxylation sites is 1. The molecule has 6 heteroatoms. The van der Waals surface area contributed by atoms with Crippen LogP contribution in [0.1, 0.15) is 50.9 Å². The van der Waals surface area contributed by atoms with Crippen LogP contribution in [-0.2, 0) is 17.8 Å². The monoisotopic (exact) mass is 433 g/mol. The molecular weight excluding hydrogens is 402 g/mol. The quantitative estimate of drug-likeness (QED) is 0.472. The molecule has 168 valence electrons. The summed E-state index contributed by atoms with van der Waals surface area (Å²) in [5, 5.41) is 3.04. The van der Waals surface area contributed by atoms with Crippen LogP contribution in [0.15, 0.2) is 48.5 Å². The van der Waals surface area contributed by atoms with Crippen molar-refractivity contribution in [3.63, 3.8) is 0 Å². The third-order valence-electron chi connectivity index (χ3n) is 5.59. The normalized spacial score (nSPS) is 10.7. The zero-order valence-electron chi connectivity index (χ0n) is 19.4. The number of ether oxygens (including phenoxy) is 1. The molecule has 0 atom stereocenters. The number of esters is 1. The predicted molar refractivity (Wildman–Crippen MR) is 127 cm³/mol. The summed E-state index contributed by atoms with van der Waals surface area (Å²) < 4.78 is 5.17. The molecule has 1 heterocycles. The molecule has 3 rings (SSSR count). The first-order valence-electron chi connectivity index (χ1n) is 10.8. The zero-order valence-corrected chi connectivity index (χ0v) is 19.4. The maximum atomic E-state index is 13.3. The molecular formula is C26H31N3O3. The number of rotatable bonds is 7. The van der Waals surface area contributed by atoms with Gasteiger partial charge in [0.15, 0.2) is 0 Å². The highest BCUT2D eigenvalue weighted by molar-refractivity contribution is 5.91. The molecule has 0 saturated heterocycles. The molecule has 0 unspecified atom stereocenters. The fraction of sp³-hybridized carbons (Fsp3) is 0.308. The van der Waals surface area contributed by atoms with Crippen LogP contribution in [0, 0.1) is 27.7 Å². The van der Waals surface area contributed by atoms with E-state index in [-0.39, 0.29) is 12.0 Å². The third kappa shape index (κ3) is 5.38. The number of aryl methyl sites for hydroxylation is 3. The van der Waals surface area contributed by atoms with Crippen LogP contribution >= 0.6 is 0 Å². The first-order valence-corrected chi connectivity index (χ1v) is 10.8. The molecule has 0 fully saturated rings. The zero-order chi connectivity index (χ0) is 23.3. The minimum Gasteiger partial charge on any atom is -0.461 e. The summed E-state index contributed by atoms with van der Waals surface area (Å²) in [6.45, 7) is 10.7. The lowest BCUT2D eigenvalue weighted by Crippen LogP contribution is -2.34. The van der Waals surface area contributed by atoms with E-state index in [1.807, 2.05) is 76.2 Å². The number of hydrogen-bond acceptors (Lipinski definition) is 3. The van der Waals surface area contributed by atoms with E-state index >= 15 is 0 Å². The van der Waals surface area contributed by atoms with Gasteiger partial charge in [0.25, 0.3) is 0 Å². The van der Waals surface area contributed by atoms with E-state index in [9.17, 15) is 9.59 Å². The summed E-state index contributed by atoms with van der Waals surface area (Å²) in [4.78, 5) is 30.5. The molecule has 0 bridgehead atoms. The van der Waals surface area contributed by atoms with E-state index in [0.29, 0.717) is 25.4 Å². The highest BCUT2D eigenvalue weighted by atomic mass is 16.5. The predicted octanol–water partition coefficient (Wildman–Crippen LogP) is 5.66. The van der Waals surface area contributed by atoms with Gasteiger partial charge in [-0.15, -0.1) is 0 Å². The minimum atomic E-state index is -0.381. The largest absolute Gasteiger partial charge is 0.461 e. The number of urea groups is 1. The minimum absolute atomic E-state index is 0.197. The van der Waals surface area contributed by atoms with Crippen LogP contribution in [0.2, 0.25) is 0 Å². The summed E-state index contributed by atoms with van der Waals surface area (Å²) in [7, 11) is 0. The van der Waals surface area contributed by atoms with Gasteiger partial charge < -0.3 is 19.9 Å². The second-order valence-electron chi connectivity index (χ2n) is 8.04. The van der Waals surface area contributed by atoms with Crippen molar-refractivity contribution in [1.82, 2.24) is 9.88 Å². The third-order valence-corrected chi connectivity index (χ3v) is 5.59. The molecule has 0 radical (unpaired) electrons. The summed E-state index contributed by atoms with van der Waals surface area (Å²) in [5.74, 6) is -0.381. The number of aromatic nitrogens is 1. The van der Waals surface area contributed by atoms with Gasteiger partial charge in [-0.3, -0.25) is 0 Å². The second-order valence-corrected chi connectivity index (χ2v) is 8.04. The Hall–Kier alpha value is -3.54. The van der Waals surface area contributed by atoms with Crippen LogP contribution < -0.4 is 5.32 Å². The number of H-pyrrole nitrogens is 1. The van der Waals surface area contributed by atoms with Crippen LogP contribution in [0.5, 0.6) is 0 Å². The number of carbonyl (C=O) groups excluding carboxylic acids is 2. The van der Waals surface area contributed by atoms with E-state index in [0.717, 1.165) is 33.6 Å². The fourth-order valence-electron chi connectivity index (χ4n) is 3.65. The smallest absolute Gasteiger partial charge is 0.355 e. The SMILES string of the molecule is CCOC(=O)c1[nH]c(C)c(CN(Cc2ccc(C)cc2)C(=O)Nc2ccccc2C)c1C. The van der Waals surface area contributed by atoms with Crippen LogP contribution in [-0.4, -0.2) is 28.5 Å². The first-order chi connectivity index (χ1) is 15.3. The lowest BCUT2D eigenvalue weighted by molar-refractivity contribution is 0.0519. The standard InChI is InChI=1S/C26H31N3O3/c1-6-32-25(30)24-19(4)22(20(5)27-24)16-29(15-21-13-11-17(2)12-14-21)26(31)28-23-10-8-7-9-18(23)3/h7-14,27H,6,15-16H2,1-5H3,(H,28,31). The number of nitrogens with zero attached hydrogens (tertiary/aromatic N) is 1.